The summed E-state index contributed by atoms with van der Waals surface area (Å²) < 4.78 is 32.1. The summed E-state index contributed by atoms with van der Waals surface area (Å²) in [4.78, 5) is 11.2. The van der Waals surface area contributed by atoms with Crippen molar-refractivity contribution >= 4 is 16.0 Å². The summed E-state index contributed by atoms with van der Waals surface area (Å²) in [7, 11) is -3.87. The number of sulfonamides is 1. The number of carbonyl (C=O) groups is 1. The lowest BCUT2D eigenvalue weighted by atomic mass is 10.1. The Labute approximate surface area is 131 Å². The zero-order valence-electron chi connectivity index (χ0n) is 13.1. The number of carboxylic acids is 1. The van der Waals surface area contributed by atoms with Crippen molar-refractivity contribution in [1.82, 2.24) is 4.72 Å². The fourth-order valence-electron chi connectivity index (χ4n) is 1.87. The third-order valence-corrected chi connectivity index (χ3v) is 4.44. The average molecular weight is 329 g/mol. The van der Waals surface area contributed by atoms with Crippen LogP contribution in [-0.4, -0.2) is 31.6 Å². The number of hydrogen-bond donors (Lipinski definition) is 2. The molecule has 0 fully saturated rings. The molecule has 124 valence electrons. The van der Waals surface area contributed by atoms with Gasteiger partial charge in [-0.05, 0) is 44.5 Å². The summed E-state index contributed by atoms with van der Waals surface area (Å²) in [5.74, 6) is -0.605. The van der Waals surface area contributed by atoms with E-state index >= 15 is 0 Å². The minimum Gasteiger partial charge on any atom is -0.491 e. The van der Waals surface area contributed by atoms with Crippen molar-refractivity contribution in [3.05, 3.63) is 24.3 Å². The first-order valence-electron chi connectivity index (χ1n) is 7.28. The molecule has 1 atom stereocenters. The molecule has 0 saturated heterocycles. The molecule has 1 aromatic rings. The predicted molar refractivity (Wildman–Crippen MR) is 83.5 cm³/mol. The Morgan fingerprint density at radius 2 is 1.86 bits per heavy atom. The van der Waals surface area contributed by atoms with Crippen molar-refractivity contribution in [2.24, 2.45) is 0 Å². The summed E-state index contributed by atoms with van der Waals surface area (Å²) in [6.45, 7) is 5.66. The summed E-state index contributed by atoms with van der Waals surface area (Å²) in [6.07, 6.45) is 1.69. The number of nitrogens with one attached hydrogen (secondary N) is 1. The van der Waals surface area contributed by atoms with E-state index in [0.29, 0.717) is 12.2 Å². The Kier molecular flexibility index (Phi) is 6.83. The van der Waals surface area contributed by atoms with Crippen molar-refractivity contribution < 1.29 is 23.1 Å². The predicted octanol–water partition coefficient (Wildman–Crippen LogP) is 2.40. The van der Waals surface area contributed by atoms with Gasteiger partial charge in [-0.25, -0.2) is 8.42 Å². The summed E-state index contributed by atoms with van der Waals surface area (Å²) >= 11 is 0. The Morgan fingerprint density at radius 1 is 1.27 bits per heavy atom. The molecule has 0 bridgehead atoms. The molecule has 1 unspecified atom stereocenters. The van der Waals surface area contributed by atoms with Crippen LogP contribution in [0.15, 0.2) is 29.2 Å². The van der Waals surface area contributed by atoms with Gasteiger partial charge in [0.1, 0.15) is 11.8 Å². The molecule has 0 aliphatic rings. The van der Waals surface area contributed by atoms with Gasteiger partial charge in [0.25, 0.3) is 0 Å². The van der Waals surface area contributed by atoms with Crippen LogP contribution in [-0.2, 0) is 14.8 Å². The van der Waals surface area contributed by atoms with Crippen molar-refractivity contribution in [1.29, 1.82) is 0 Å². The summed E-state index contributed by atoms with van der Waals surface area (Å²) in [5.41, 5.74) is 0. The molecule has 7 heteroatoms. The maximum Gasteiger partial charge on any atom is 0.321 e. The highest BCUT2D eigenvalue weighted by atomic mass is 32.2. The average Bonchev–Trinajstić information content (AvgIpc) is 2.43. The number of aliphatic carboxylic acids is 1. The van der Waals surface area contributed by atoms with Crippen LogP contribution in [0.1, 0.15) is 40.0 Å². The number of ether oxygens (including phenoxy) is 1. The maximum atomic E-state index is 12.2. The molecule has 2 N–H and O–H groups in total. The van der Waals surface area contributed by atoms with Gasteiger partial charge in [-0.15, -0.1) is 0 Å². The second kappa shape index (κ2) is 8.14. The molecule has 6 nitrogen and oxygen atoms in total. The van der Waals surface area contributed by atoms with Crippen molar-refractivity contribution in [3.63, 3.8) is 0 Å². The minimum absolute atomic E-state index is 0.00832. The highest BCUT2D eigenvalue weighted by molar-refractivity contribution is 7.89. The Balaban J connectivity index is 2.86. The van der Waals surface area contributed by atoms with Crippen LogP contribution in [0.3, 0.4) is 0 Å². The fraction of sp³-hybridized carbons (Fsp3) is 0.533. The van der Waals surface area contributed by atoms with Crippen molar-refractivity contribution in [2.75, 3.05) is 0 Å². The monoisotopic (exact) mass is 329 g/mol. The van der Waals surface area contributed by atoms with Crippen LogP contribution in [0.4, 0.5) is 0 Å². The van der Waals surface area contributed by atoms with Gasteiger partial charge in [-0.1, -0.05) is 19.8 Å². The standard InChI is InChI=1S/C15H23NO5S/c1-4-5-6-14(15(17)18)16-22(19,20)13-9-7-12(8-10-13)21-11(2)3/h7-11,14,16H,4-6H2,1-3H3,(H,17,18). The first-order chi connectivity index (χ1) is 10.3. The van der Waals surface area contributed by atoms with Crippen LogP contribution in [0.2, 0.25) is 0 Å². The topological polar surface area (TPSA) is 92.7 Å². The van der Waals surface area contributed by atoms with E-state index in [2.05, 4.69) is 4.72 Å². The Bertz CT molecular complexity index is 580. The van der Waals surface area contributed by atoms with E-state index in [1.807, 2.05) is 20.8 Å². The number of benzene rings is 1. The van der Waals surface area contributed by atoms with Gasteiger partial charge in [0.2, 0.25) is 10.0 Å². The number of carboxylic acid groups (broad SMARTS) is 1. The highest BCUT2D eigenvalue weighted by Gasteiger charge is 2.24. The number of unbranched alkanes of at least 4 members (excludes halogenated alkanes) is 1. The van der Waals surface area contributed by atoms with E-state index in [0.717, 1.165) is 6.42 Å². The first kappa shape index (κ1) is 18.4. The number of hydrogen-bond acceptors (Lipinski definition) is 4. The third-order valence-electron chi connectivity index (χ3n) is 2.95. The second-order valence-corrected chi connectivity index (χ2v) is 7.01. The van der Waals surface area contributed by atoms with Gasteiger partial charge in [0.05, 0.1) is 11.0 Å². The van der Waals surface area contributed by atoms with Gasteiger partial charge < -0.3 is 9.84 Å². The molecule has 22 heavy (non-hydrogen) atoms. The van der Waals surface area contributed by atoms with Crippen LogP contribution in [0.25, 0.3) is 0 Å². The molecule has 1 rings (SSSR count). The Morgan fingerprint density at radius 3 is 2.32 bits per heavy atom. The lowest BCUT2D eigenvalue weighted by molar-refractivity contribution is -0.139. The fourth-order valence-corrected chi connectivity index (χ4v) is 3.09. The molecule has 0 saturated carbocycles. The van der Waals surface area contributed by atoms with Crippen molar-refractivity contribution in [3.8, 4) is 5.75 Å². The zero-order valence-corrected chi connectivity index (χ0v) is 13.9. The zero-order chi connectivity index (χ0) is 16.8. The maximum absolute atomic E-state index is 12.2. The van der Waals surface area contributed by atoms with Gasteiger partial charge in [0.15, 0.2) is 0 Å². The molecule has 0 spiro atoms. The molecular formula is C15H23NO5S. The summed E-state index contributed by atoms with van der Waals surface area (Å²) in [5, 5.41) is 9.11. The third kappa shape index (κ3) is 5.65. The van der Waals surface area contributed by atoms with E-state index in [9.17, 15) is 13.2 Å². The van der Waals surface area contributed by atoms with Gasteiger partial charge in [-0.2, -0.15) is 4.72 Å². The van der Waals surface area contributed by atoms with E-state index in [1.165, 1.54) is 12.1 Å². The minimum atomic E-state index is -3.87. The molecule has 0 radical (unpaired) electrons. The van der Waals surface area contributed by atoms with Crippen LogP contribution >= 0.6 is 0 Å². The van der Waals surface area contributed by atoms with Crippen LogP contribution < -0.4 is 9.46 Å². The molecule has 0 aromatic heterocycles. The quantitative estimate of drug-likeness (QED) is 0.725. The largest absolute Gasteiger partial charge is 0.491 e. The smallest absolute Gasteiger partial charge is 0.321 e. The molecule has 1 aromatic carbocycles. The normalized spacial score (nSPS) is 13.1. The first-order valence-corrected chi connectivity index (χ1v) is 8.76. The molecular weight excluding hydrogens is 306 g/mol. The van der Waals surface area contributed by atoms with Crippen LogP contribution in [0, 0.1) is 0 Å². The lowest BCUT2D eigenvalue weighted by Gasteiger charge is -2.15. The highest BCUT2D eigenvalue weighted by Crippen LogP contribution is 2.18. The number of rotatable bonds is 9. The van der Waals surface area contributed by atoms with Gasteiger partial charge >= 0.3 is 5.97 Å². The molecule has 0 amide bonds. The van der Waals surface area contributed by atoms with Crippen LogP contribution in [0.5, 0.6) is 5.75 Å². The SMILES string of the molecule is CCCCC(NS(=O)(=O)c1ccc(OC(C)C)cc1)C(=O)O. The van der Waals surface area contributed by atoms with E-state index < -0.39 is 22.0 Å². The van der Waals surface area contributed by atoms with Gasteiger partial charge in [-0.3, -0.25) is 4.79 Å². The molecule has 0 aliphatic carbocycles. The lowest BCUT2D eigenvalue weighted by Crippen LogP contribution is -2.40. The molecule has 0 heterocycles. The molecule has 0 aliphatic heterocycles. The van der Waals surface area contributed by atoms with E-state index in [1.54, 1.807) is 12.1 Å². The van der Waals surface area contributed by atoms with Crippen molar-refractivity contribution in [2.45, 2.75) is 57.1 Å². The summed E-state index contributed by atoms with van der Waals surface area (Å²) in [6, 6.07) is 4.79. The van der Waals surface area contributed by atoms with E-state index in [4.69, 9.17) is 9.84 Å². The Hall–Kier alpha value is -1.60. The van der Waals surface area contributed by atoms with Gasteiger partial charge in [0, 0.05) is 0 Å². The van der Waals surface area contributed by atoms with E-state index in [-0.39, 0.29) is 17.4 Å². The second-order valence-electron chi connectivity index (χ2n) is 5.29.